The van der Waals surface area contributed by atoms with Crippen molar-refractivity contribution in [2.24, 2.45) is 0 Å². The van der Waals surface area contributed by atoms with Gasteiger partial charge >= 0.3 is 12.3 Å². The summed E-state index contributed by atoms with van der Waals surface area (Å²) in [6.45, 7) is 0.821. The van der Waals surface area contributed by atoms with Gasteiger partial charge in [0.05, 0.1) is 12.2 Å². The van der Waals surface area contributed by atoms with E-state index in [1.165, 1.54) is 19.1 Å². The number of oxazole rings is 1. The summed E-state index contributed by atoms with van der Waals surface area (Å²) in [6, 6.07) is 4.17. The topological polar surface area (TPSA) is 35.3 Å². The molecule has 0 aliphatic heterocycles. The average Bonchev–Trinajstić information content (AvgIpc) is 2.93. The Balaban J connectivity index is 2.08. The van der Waals surface area contributed by atoms with E-state index in [1.54, 1.807) is 0 Å². The summed E-state index contributed by atoms with van der Waals surface area (Å²) in [4.78, 5) is 3.90. The Morgan fingerprint density at radius 2 is 1.73 bits per heavy atom. The van der Waals surface area contributed by atoms with Crippen molar-refractivity contribution >= 4 is 0 Å². The van der Waals surface area contributed by atoms with E-state index in [4.69, 9.17) is 4.42 Å². The summed E-state index contributed by atoms with van der Waals surface area (Å²) in [7, 11) is 0. The maximum atomic E-state index is 12.9. The number of benzene rings is 1. The summed E-state index contributed by atoms with van der Waals surface area (Å²) in [5.74, 6) is 0.0344. The van der Waals surface area contributed by atoms with E-state index in [2.05, 4.69) is 9.72 Å². The lowest BCUT2D eigenvalue weighted by atomic mass is 10.1. The quantitative estimate of drug-likeness (QED) is 0.736. The van der Waals surface area contributed by atoms with Crippen molar-refractivity contribution in [2.45, 2.75) is 32.2 Å². The number of hydrogen-bond donors (Lipinski definition) is 0. The van der Waals surface area contributed by atoms with Gasteiger partial charge in [0.15, 0.2) is 0 Å². The van der Waals surface area contributed by atoms with Crippen LogP contribution in [0.15, 0.2) is 34.9 Å². The minimum atomic E-state index is -4.43. The van der Waals surface area contributed by atoms with Gasteiger partial charge in [0.25, 0.3) is 0 Å². The fourth-order valence-corrected chi connectivity index (χ4v) is 1.59. The first-order valence-corrected chi connectivity index (χ1v) is 6.35. The molecule has 0 saturated carbocycles. The van der Waals surface area contributed by atoms with Crippen LogP contribution in [0.1, 0.15) is 24.6 Å². The van der Waals surface area contributed by atoms with Crippen molar-refractivity contribution in [3.8, 4) is 11.5 Å². The Labute approximate surface area is 122 Å². The number of aromatic nitrogens is 1. The van der Waals surface area contributed by atoms with Gasteiger partial charge in [0.2, 0.25) is 5.89 Å². The second-order valence-electron chi connectivity index (χ2n) is 4.50. The van der Waals surface area contributed by atoms with Gasteiger partial charge in [0.1, 0.15) is 12.0 Å². The van der Waals surface area contributed by atoms with Crippen molar-refractivity contribution in [2.75, 3.05) is 0 Å². The highest BCUT2D eigenvalue weighted by atomic mass is 19.4. The smallest absolute Gasteiger partial charge is 0.416 e. The first kappa shape index (κ1) is 16.4. The van der Waals surface area contributed by atoms with Crippen LogP contribution < -0.4 is 0 Å². The van der Waals surface area contributed by atoms with Gasteiger partial charge in [-0.25, -0.2) is 4.98 Å². The zero-order valence-electron chi connectivity index (χ0n) is 11.5. The van der Waals surface area contributed by atoms with Gasteiger partial charge in [-0.2, -0.15) is 22.0 Å². The third-order valence-corrected chi connectivity index (χ3v) is 2.85. The lowest BCUT2D eigenvalue weighted by Crippen LogP contribution is -2.19. The molecule has 0 spiro atoms. The number of ether oxygens (including phenoxy) is 1. The summed E-state index contributed by atoms with van der Waals surface area (Å²) < 4.78 is 72.6. The molecular formula is C14H12F5NO2. The second kappa shape index (κ2) is 6.04. The van der Waals surface area contributed by atoms with Crippen molar-refractivity contribution < 1.29 is 31.1 Å². The normalized spacial score (nSPS) is 12.6. The van der Waals surface area contributed by atoms with Crippen LogP contribution in [-0.4, -0.2) is 11.1 Å². The molecule has 1 aromatic carbocycles. The molecule has 0 fully saturated rings. The molecule has 3 nitrogen and oxygen atoms in total. The molecular weight excluding hydrogens is 309 g/mol. The molecule has 0 radical (unpaired) electrons. The Morgan fingerprint density at radius 1 is 1.09 bits per heavy atom. The van der Waals surface area contributed by atoms with E-state index < -0.39 is 30.9 Å². The van der Waals surface area contributed by atoms with E-state index in [-0.39, 0.29) is 11.6 Å². The van der Waals surface area contributed by atoms with Crippen LogP contribution in [0.2, 0.25) is 0 Å². The third-order valence-electron chi connectivity index (χ3n) is 2.85. The Kier molecular flexibility index (Phi) is 4.50. The zero-order chi connectivity index (χ0) is 16.4. The van der Waals surface area contributed by atoms with Gasteiger partial charge in [0, 0.05) is 12.0 Å². The standard InChI is InChI=1S/C14H12F5NO2/c1-2-13(15,16)22-8-11-7-21-12(20-11)9-3-5-10(6-4-9)14(17,18)19/h3-7H,2,8H2,1H3. The summed E-state index contributed by atoms with van der Waals surface area (Å²) >= 11 is 0. The fourth-order valence-electron chi connectivity index (χ4n) is 1.59. The van der Waals surface area contributed by atoms with Crippen molar-refractivity contribution in [1.29, 1.82) is 0 Å². The highest BCUT2D eigenvalue weighted by Crippen LogP contribution is 2.31. The van der Waals surface area contributed by atoms with Crippen LogP contribution in [-0.2, 0) is 17.5 Å². The number of halogens is 5. The van der Waals surface area contributed by atoms with Crippen LogP contribution in [0.3, 0.4) is 0 Å². The highest BCUT2D eigenvalue weighted by Gasteiger charge is 2.30. The van der Waals surface area contributed by atoms with Gasteiger partial charge < -0.3 is 9.15 Å². The lowest BCUT2D eigenvalue weighted by Gasteiger charge is -2.12. The van der Waals surface area contributed by atoms with E-state index >= 15 is 0 Å². The third kappa shape index (κ3) is 4.03. The van der Waals surface area contributed by atoms with Gasteiger partial charge in [-0.3, -0.25) is 0 Å². The molecule has 0 aliphatic carbocycles. The monoisotopic (exact) mass is 321 g/mol. The molecule has 0 unspecified atom stereocenters. The Bertz CT molecular complexity index is 619. The predicted octanol–water partition coefficient (Wildman–Crippen LogP) is 4.88. The first-order chi connectivity index (χ1) is 10.2. The minimum Gasteiger partial charge on any atom is -0.444 e. The number of nitrogens with zero attached hydrogens (tertiary/aromatic N) is 1. The Hall–Kier alpha value is -1.96. The predicted molar refractivity (Wildman–Crippen MR) is 67.0 cm³/mol. The van der Waals surface area contributed by atoms with Crippen molar-refractivity contribution in [3.63, 3.8) is 0 Å². The average molecular weight is 321 g/mol. The van der Waals surface area contributed by atoms with Crippen LogP contribution in [0.4, 0.5) is 22.0 Å². The molecule has 0 bridgehead atoms. The molecule has 0 aliphatic rings. The lowest BCUT2D eigenvalue weighted by molar-refractivity contribution is -0.246. The summed E-state index contributed by atoms with van der Waals surface area (Å²) in [6.07, 6.45) is -7.04. The van der Waals surface area contributed by atoms with Crippen LogP contribution in [0, 0.1) is 0 Å². The van der Waals surface area contributed by atoms with Gasteiger partial charge in [-0.15, -0.1) is 0 Å². The number of hydrogen-bond acceptors (Lipinski definition) is 3. The molecule has 1 heterocycles. The zero-order valence-corrected chi connectivity index (χ0v) is 11.5. The molecule has 8 heteroatoms. The van der Waals surface area contributed by atoms with Gasteiger partial charge in [-0.1, -0.05) is 6.92 Å². The molecule has 0 N–H and O–H groups in total. The van der Waals surface area contributed by atoms with E-state index in [9.17, 15) is 22.0 Å². The number of rotatable bonds is 5. The minimum absolute atomic E-state index is 0.0344. The maximum absolute atomic E-state index is 12.9. The van der Waals surface area contributed by atoms with Gasteiger partial charge in [-0.05, 0) is 24.3 Å². The van der Waals surface area contributed by atoms with Crippen molar-refractivity contribution in [1.82, 2.24) is 4.98 Å². The first-order valence-electron chi connectivity index (χ1n) is 6.35. The molecule has 1 aromatic heterocycles. The Morgan fingerprint density at radius 3 is 2.27 bits per heavy atom. The molecule has 120 valence electrons. The molecule has 0 atom stereocenters. The molecule has 22 heavy (non-hydrogen) atoms. The van der Waals surface area contributed by atoms with E-state index in [1.807, 2.05) is 0 Å². The summed E-state index contributed by atoms with van der Waals surface area (Å²) in [5.41, 5.74) is -0.363. The molecule has 0 amide bonds. The summed E-state index contributed by atoms with van der Waals surface area (Å²) in [5, 5.41) is 0. The number of alkyl halides is 5. The van der Waals surface area contributed by atoms with Crippen molar-refractivity contribution in [3.05, 3.63) is 41.8 Å². The second-order valence-corrected chi connectivity index (χ2v) is 4.50. The highest BCUT2D eigenvalue weighted by molar-refractivity contribution is 5.53. The van der Waals surface area contributed by atoms with Crippen LogP contribution in [0.25, 0.3) is 11.5 Å². The fraction of sp³-hybridized carbons (Fsp3) is 0.357. The molecule has 2 rings (SSSR count). The van der Waals surface area contributed by atoms with E-state index in [0.717, 1.165) is 18.4 Å². The largest absolute Gasteiger partial charge is 0.444 e. The van der Waals surface area contributed by atoms with Crippen LogP contribution in [0.5, 0.6) is 0 Å². The molecule has 0 saturated heterocycles. The van der Waals surface area contributed by atoms with E-state index in [0.29, 0.717) is 5.56 Å². The maximum Gasteiger partial charge on any atom is 0.416 e. The SMILES string of the molecule is CCC(F)(F)OCc1coc(-c2ccc(C(F)(F)F)cc2)n1. The molecule has 2 aromatic rings. The van der Waals surface area contributed by atoms with Crippen LogP contribution >= 0.6 is 0 Å².